The Morgan fingerprint density at radius 3 is 2.62 bits per heavy atom. The van der Waals surface area contributed by atoms with E-state index in [1.54, 1.807) is 0 Å². The molecule has 0 aliphatic heterocycles. The second kappa shape index (κ2) is 3.52. The summed E-state index contributed by atoms with van der Waals surface area (Å²) in [6.07, 6.45) is 4.02. The highest BCUT2D eigenvalue weighted by atomic mass is 19.4. The van der Waals surface area contributed by atoms with E-state index in [0.29, 0.717) is 0 Å². The number of aromatic nitrogens is 1. The molecule has 0 aliphatic rings. The van der Waals surface area contributed by atoms with Gasteiger partial charge in [-0.05, 0) is 18.5 Å². The highest BCUT2D eigenvalue weighted by Gasteiger charge is 2.23. The Morgan fingerprint density at radius 2 is 2.08 bits per heavy atom. The summed E-state index contributed by atoms with van der Waals surface area (Å²) in [4.78, 5) is 3.64. The normalized spacial score (nSPS) is 10.9. The molecule has 0 bridgehead atoms. The zero-order chi connectivity index (χ0) is 9.90. The molecular formula is C8H6BF3N-. The van der Waals surface area contributed by atoms with Crippen molar-refractivity contribution in [2.45, 2.75) is 6.32 Å². The van der Waals surface area contributed by atoms with Crippen LogP contribution in [0.15, 0.2) is 18.2 Å². The van der Waals surface area contributed by atoms with Gasteiger partial charge in [-0.15, -0.1) is 6.42 Å². The minimum Gasteiger partial charge on any atom is -0.449 e. The number of pyridine rings is 1. The lowest BCUT2D eigenvalue weighted by molar-refractivity contribution is 0.467. The Hall–Kier alpha value is -1.44. The lowest BCUT2D eigenvalue weighted by Gasteiger charge is -2.12. The predicted molar refractivity (Wildman–Crippen MR) is 45.0 cm³/mol. The van der Waals surface area contributed by atoms with Crippen LogP contribution in [-0.2, 0) is 6.32 Å². The molecule has 0 atom stereocenters. The van der Waals surface area contributed by atoms with Crippen LogP contribution in [0.25, 0.3) is 0 Å². The lowest BCUT2D eigenvalue weighted by Crippen LogP contribution is -2.20. The molecule has 1 aromatic heterocycles. The summed E-state index contributed by atoms with van der Waals surface area (Å²) in [6.45, 7) is -4.83. The molecule has 68 valence electrons. The molecule has 0 aromatic carbocycles. The standard InChI is InChI=1S/C8H6BF3N/c1-2-7-4-3-5-8(13-7)6-9(10,11)12/h1,3-5H,6H2/q-1. The molecule has 13 heavy (non-hydrogen) atoms. The van der Waals surface area contributed by atoms with Gasteiger partial charge in [0.2, 0.25) is 0 Å². The van der Waals surface area contributed by atoms with Crippen molar-refractivity contribution >= 4 is 6.98 Å². The molecule has 0 saturated carbocycles. The summed E-state index contributed by atoms with van der Waals surface area (Å²) in [5, 5.41) is 0. The van der Waals surface area contributed by atoms with Gasteiger partial charge in [0.1, 0.15) is 5.69 Å². The maximum Gasteiger partial charge on any atom is 0.484 e. The van der Waals surface area contributed by atoms with Crippen LogP contribution in [-0.4, -0.2) is 12.0 Å². The molecular weight excluding hydrogens is 178 g/mol. The predicted octanol–water partition coefficient (Wildman–Crippen LogP) is 1.99. The summed E-state index contributed by atoms with van der Waals surface area (Å²) < 4.78 is 35.8. The number of nitrogens with zero attached hydrogens (tertiary/aromatic N) is 1. The Balaban J connectivity index is 2.86. The molecule has 0 N–H and O–H groups in total. The smallest absolute Gasteiger partial charge is 0.449 e. The molecule has 0 spiro atoms. The maximum atomic E-state index is 11.9. The minimum absolute atomic E-state index is 0.0250. The SMILES string of the molecule is C#Cc1cccc(C[B-](F)(F)F)n1. The van der Waals surface area contributed by atoms with Crippen LogP contribution in [0.1, 0.15) is 11.4 Å². The van der Waals surface area contributed by atoms with Crippen LogP contribution in [0.4, 0.5) is 12.9 Å². The third-order valence-electron chi connectivity index (χ3n) is 1.40. The van der Waals surface area contributed by atoms with E-state index in [0.717, 1.165) is 0 Å². The third kappa shape index (κ3) is 3.20. The van der Waals surface area contributed by atoms with Crippen molar-refractivity contribution in [1.82, 2.24) is 4.98 Å². The Bertz CT molecular complexity index is 340. The van der Waals surface area contributed by atoms with Crippen molar-refractivity contribution in [2.24, 2.45) is 0 Å². The zero-order valence-electron chi connectivity index (χ0n) is 6.67. The molecule has 0 radical (unpaired) electrons. The largest absolute Gasteiger partial charge is 0.484 e. The monoisotopic (exact) mass is 184 g/mol. The molecule has 1 rings (SSSR count). The highest BCUT2D eigenvalue weighted by Crippen LogP contribution is 2.14. The topological polar surface area (TPSA) is 12.9 Å². The number of hydrogen-bond acceptors (Lipinski definition) is 1. The quantitative estimate of drug-likeness (QED) is 0.505. The fraction of sp³-hybridized carbons (Fsp3) is 0.125. The zero-order valence-corrected chi connectivity index (χ0v) is 6.67. The van der Waals surface area contributed by atoms with Gasteiger partial charge in [0.25, 0.3) is 0 Å². The first kappa shape index (κ1) is 9.65. The van der Waals surface area contributed by atoms with Crippen LogP contribution >= 0.6 is 0 Å². The number of hydrogen-bond donors (Lipinski definition) is 0. The van der Waals surface area contributed by atoms with Crippen molar-refractivity contribution in [3.63, 3.8) is 0 Å². The van der Waals surface area contributed by atoms with Crippen LogP contribution in [0, 0.1) is 12.3 Å². The van der Waals surface area contributed by atoms with Gasteiger partial charge in [-0.25, -0.2) is 4.98 Å². The Labute approximate surface area is 74.0 Å². The number of terminal acetylenes is 1. The molecule has 1 heterocycles. The fourth-order valence-electron chi connectivity index (χ4n) is 0.911. The molecule has 1 aromatic rings. The summed E-state index contributed by atoms with van der Waals surface area (Å²) in [7, 11) is 0. The lowest BCUT2D eigenvalue weighted by atomic mass is 9.84. The molecule has 0 aliphatic carbocycles. The van der Waals surface area contributed by atoms with E-state index in [2.05, 4.69) is 10.9 Å². The molecule has 0 saturated heterocycles. The van der Waals surface area contributed by atoms with E-state index in [1.165, 1.54) is 18.2 Å². The van der Waals surface area contributed by atoms with E-state index in [9.17, 15) is 12.9 Å². The van der Waals surface area contributed by atoms with Gasteiger partial charge >= 0.3 is 6.98 Å². The average molecular weight is 184 g/mol. The first-order valence-electron chi connectivity index (χ1n) is 3.65. The summed E-state index contributed by atoms with van der Waals surface area (Å²) >= 11 is 0. The van der Waals surface area contributed by atoms with E-state index in [-0.39, 0.29) is 11.4 Å². The van der Waals surface area contributed by atoms with Crippen LogP contribution < -0.4 is 0 Å². The molecule has 0 fully saturated rings. The third-order valence-corrected chi connectivity index (χ3v) is 1.40. The van der Waals surface area contributed by atoms with Gasteiger partial charge in [0.05, 0.1) is 0 Å². The van der Waals surface area contributed by atoms with Crippen molar-refractivity contribution in [3.8, 4) is 12.3 Å². The maximum absolute atomic E-state index is 11.9. The van der Waals surface area contributed by atoms with E-state index in [1.807, 2.05) is 0 Å². The van der Waals surface area contributed by atoms with Crippen molar-refractivity contribution in [2.75, 3.05) is 0 Å². The molecule has 0 amide bonds. The van der Waals surface area contributed by atoms with Gasteiger partial charge in [-0.1, -0.05) is 12.0 Å². The summed E-state index contributed by atoms with van der Waals surface area (Å²) in [6, 6.07) is 4.28. The van der Waals surface area contributed by atoms with Gasteiger partial charge in [-0.3, -0.25) is 0 Å². The Morgan fingerprint density at radius 1 is 1.38 bits per heavy atom. The van der Waals surface area contributed by atoms with Gasteiger partial charge in [0.15, 0.2) is 0 Å². The first-order chi connectivity index (χ1) is 6.01. The first-order valence-corrected chi connectivity index (χ1v) is 3.65. The molecule has 1 nitrogen and oxygen atoms in total. The van der Waals surface area contributed by atoms with Crippen molar-refractivity contribution in [3.05, 3.63) is 29.6 Å². The van der Waals surface area contributed by atoms with Crippen molar-refractivity contribution < 1.29 is 12.9 Å². The van der Waals surface area contributed by atoms with Crippen LogP contribution in [0.3, 0.4) is 0 Å². The highest BCUT2D eigenvalue weighted by molar-refractivity contribution is 6.57. The second-order valence-electron chi connectivity index (χ2n) is 2.57. The second-order valence-corrected chi connectivity index (χ2v) is 2.57. The summed E-state index contributed by atoms with van der Waals surface area (Å²) in [5.41, 5.74) is 0.209. The van der Waals surface area contributed by atoms with E-state index < -0.39 is 13.3 Å². The van der Waals surface area contributed by atoms with Crippen LogP contribution in [0.5, 0.6) is 0 Å². The fourth-order valence-corrected chi connectivity index (χ4v) is 0.911. The van der Waals surface area contributed by atoms with E-state index >= 15 is 0 Å². The Kier molecular flexibility index (Phi) is 2.62. The van der Waals surface area contributed by atoms with Gasteiger partial charge in [0, 0.05) is 5.69 Å². The average Bonchev–Trinajstić information content (AvgIpc) is 2.01. The molecule has 0 unspecified atom stereocenters. The van der Waals surface area contributed by atoms with Crippen LogP contribution in [0.2, 0.25) is 0 Å². The van der Waals surface area contributed by atoms with Crippen molar-refractivity contribution in [1.29, 1.82) is 0 Å². The summed E-state index contributed by atoms with van der Waals surface area (Å²) in [5.74, 6) is 2.18. The van der Waals surface area contributed by atoms with E-state index in [4.69, 9.17) is 6.42 Å². The minimum atomic E-state index is -4.83. The number of halogens is 3. The van der Waals surface area contributed by atoms with Gasteiger partial charge < -0.3 is 12.9 Å². The number of rotatable bonds is 2. The molecule has 5 heteroatoms. The van der Waals surface area contributed by atoms with Gasteiger partial charge in [-0.2, -0.15) is 0 Å².